The summed E-state index contributed by atoms with van der Waals surface area (Å²) in [5, 5.41) is 14.5. The quantitative estimate of drug-likeness (QED) is 0.134. The highest BCUT2D eigenvalue weighted by molar-refractivity contribution is 5.60. The van der Waals surface area contributed by atoms with Crippen LogP contribution in [0.1, 0.15) is 142 Å². The standard InChI is InChI=1S/C31H54N4O2/c1-3-5-7-9-11-13-15-17-19-21-23-36-29-25-28(31-32-34-35-33-31)26-30(27-29)37-24-22-20-18-16-14-12-10-8-6-4-2/h25-27H,3-24H2,1-2H3,(H,32,33,34,35). The van der Waals surface area contributed by atoms with Gasteiger partial charge in [0, 0.05) is 11.6 Å². The van der Waals surface area contributed by atoms with Gasteiger partial charge < -0.3 is 9.47 Å². The van der Waals surface area contributed by atoms with Gasteiger partial charge >= 0.3 is 0 Å². The van der Waals surface area contributed by atoms with E-state index in [4.69, 9.17) is 9.47 Å². The smallest absolute Gasteiger partial charge is 0.204 e. The Balaban J connectivity index is 1.63. The van der Waals surface area contributed by atoms with Crippen molar-refractivity contribution in [3.63, 3.8) is 0 Å². The molecule has 6 heteroatoms. The van der Waals surface area contributed by atoms with E-state index >= 15 is 0 Å². The second kappa shape index (κ2) is 21.9. The highest BCUT2D eigenvalue weighted by Crippen LogP contribution is 2.28. The molecular formula is C31H54N4O2. The molecule has 1 aromatic heterocycles. The topological polar surface area (TPSA) is 72.9 Å². The maximum Gasteiger partial charge on any atom is 0.204 e. The van der Waals surface area contributed by atoms with Crippen molar-refractivity contribution in [2.45, 2.75) is 142 Å². The molecule has 0 aliphatic heterocycles. The SMILES string of the molecule is CCCCCCCCCCCCOc1cc(OCCCCCCCCCCCC)cc(-c2nn[nH]n2)c1. The number of unbranched alkanes of at least 4 members (excludes halogenated alkanes) is 18. The molecule has 0 radical (unpaired) electrons. The van der Waals surface area contributed by atoms with Crippen molar-refractivity contribution >= 4 is 0 Å². The van der Waals surface area contributed by atoms with E-state index in [1.165, 1.54) is 116 Å². The molecule has 0 atom stereocenters. The van der Waals surface area contributed by atoms with Crippen LogP contribution in [0.4, 0.5) is 0 Å². The molecule has 0 bridgehead atoms. The summed E-state index contributed by atoms with van der Waals surface area (Å²) in [4.78, 5) is 0. The molecule has 1 N–H and O–H groups in total. The number of rotatable bonds is 25. The number of hydrogen-bond donors (Lipinski definition) is 1. The number of benzene rings is 1. The summed E-state index contributed by atoms with van der Waals surface area (Å²) < 4.78 is 12.2. The lowest BCUT2D eigenvalue weighted by atomic mass is 10.1. The Morgan fingerprint density at radius 3 is 1.32 bits per heavy atom. The van der Waals surface area contributed by atoms with E-state index in [1.54, 1.807) is 0 Å². The Morgan fingerprint density at radius 2 is 0.946 bits per heavy atom. The third-order valence-electron chi connectivity index (χ3n) is 7.02. The summed E-state index contributed by atoms with van der Waals surface area (Å²) in [7, 11) is 0. The zero-order chi connectivity index (χ0) is 26.2. The van der Waals surface area contributed by atoms with Gasteiger partial charge in [-0.1, -0.05) is 129 Å². The minimum absolute atomic E-state index is 0.563. The fraction of sp³-hybridized carbons (Fsp3) is 0.774. The zero-order valence-corrected chi connectivity index (χ0v) is 23.9. The summed E-state index contributed by atoms with van der Waals surface area (Å²) in [5.41, 5.74) is 0.868. The highest BCUT2D eigenvalue weighted by atomic mass is 16.5. The highest BCUT2D eigenvalue weighted by Gasteiger charge is 2.09. The first-order valence-electron chi connectivity index (χ1n) is 15.5. The molecule has 0 spiro atoms. The summed E-state index contributed by atoms with van der Waals surface area (Å²) in [5.74, 6) is 2.20. The van der Waals surface area contributed by atoms with Crippen molar-refractivity contribution in [1.29, 1.82) is 0 Å². The van der Waals surface area contributed by atoms with Gasteiger partial charge in [0.25, 0.3) is 0 Å². The van der Waals surface area contributed by atoms with Crippen molar-refractivity contribution in [2.24, 2.45) is 0 Å². The van der Waals surface area contributed by atoms with Crippen molar-refractivity contribution in [3.8, 4) is 22.9 Å². The first kappa shape index (κ1) is 31.1. The van der Waals surface area contributed by atoms with Gasteiger partial charge in [0.1, 0.15) is 11.5 Å². The molecule has 0 aliphatic rings. The third-order valence-corrected chi connectivity index (χ3v) is 7.02. The van der Waals surface area contributed by atoms with Crippen molar-refractivity contribution in [2.75, 3.05) is 13.2 Å². The average molecular weight is 515 g/mol. The molecular weight excluding hydrogens is 460 g/mol. The molecule has 1 heterocycles. The largest absolute Gasteiger partial charge is 0.493 e. The fourth-order valence-corrected chi connectivity index (χ4v) is 4.71. The number of tetrazole rings is 1. The minimum atomic E-state index is 0.563. The molecule has 0 saturated heterocycles. The third kappa shape index (κ3) is 15.7. The average Bonchev–Trinajstić information content (AvgIpc) is 3.46. The molecule has 2 rings (SSSR count). The molecule has 2 aromatic rings. The number of aromatic amines is 1. The molecule has 0 unspecified atom stereocenters. The lowest BCUT2D eigenvalue weighted by Gasteiger charge is -2.12. The molecule has 0 amide bonds. The van der Waals surface area contributed by atoms with Gasteiger partial charge in [0.2, 0.25) is 5.82 Å². The molecule has 210 valence electrons. The summed E-state index contributed by atoms with van der Waals surface area (Å²) in [6.45, 7) is 6.00. The Labute approximate surface area is 226 Å². The van der Waals surface area contributed by atoms with Gasteiger partial charge in [-0.15, -0.1) is 10.2 Å². The predicted molar refractivity (Wildman–Crippen MR) is 154 cm³/mol. The Bertz CT molecular complexity index is 722. The van der Waals surface area contributed by atoms with Crippen LogP contribution in [-0.2, 0) is 0 Å². The number of ether oxygens (including phenoxy) is 2. The second-order valence-corrected chi connectivity index (χ2v) is 10.5. The lowest BCUT2D eigenvalue weighted by molar-refractivity contribution is 0.290. The minimum Gasteiger partial charge on any atom is -0.493 e. The second-order valence-electron chi connectivity index (χ2n) is 10.5. The maximum absolute atomic E-state index is 6.10. The van der Waals surface area contributed by atoms with E-state index in [1.807, 2.05) is 18.2 Å². The van der Waals surface area contributed by atoms with E-state index < -0.39 is 0 Å². The summed E-state index contributed by atoms with van der Waals surface area (Å²) >= 11 is 0. The van der Waals surface area contributed by atoms with Crippen LogP contribution in [0.3, 0.4) is 0 Å². The molecule has 0 saturated carbocycles. The number of hydrogen-bond acceptors (Lipinski definition) is 5. The van der Waals surface area contributed by atoms with Crippen LogP contribution >= 0.6 is 0 Å². The number of nitrogens with zero attached hydrogens (tertiary/aromatic N) is 3. The van der Waals surface area contributed by atoms with E-state index in [-0.39, 0.29) is 0 Å². The van der Waals surface area contributed by atoms with Crippen LogP contribution < -0.4 is 9.47 Å². The first-order valence-corrected chi connectivity index (χ1v) is 15.5. The Hall–Kier alpha value is -2.11. The van der Waals surface area contributed by atoms with Crippen molar-refractivity contribution in [3.05, 3.63) is 18.2 Å². The van der Waals surface area contributed by atoms with Crippen LogP contribution in [0.25, 0.3) is 11.4 Å². The van der Waals surface area contributed by atoms with Gasteiger partial charge in [-0.25, -0.2) is 0 Å². The maximum atomic E-state index is 6.10. The van der Waals surface area contributed by atoms with E-state index in [9.17, 15) is 0 Å². The van der Waals surface area contributed by atoms with Crippen molar-refractivity contribution < 1.29 is 9.47 Å². The van der Waals surface area contributed by atoms with Crippen LogP contribution in [0.15, 0.2) is 18.2 Å². The van der Waals surface area contributed by atoms with Crippen LogP contribution in [-0.4, -0.2) is 33.8 Å². The molecule has 0 fully saturated rings. The summed E-state index contributed by atoms with van der Waals surface area (Å²) in [6, 6.07) is 5.96. The zero-order valence-electron chi connectivity index (χ0n) is 23.9. The van der Waals surface area contributed by atoms with Crippen LogP contribution in [0, 0.1) is 0 Å². The summed E-state index contributed by atoms with van der Waals surface area (Å²) in [6.07, 6.45) is 26.4. The number of nitrogens with one attached hydrogen (secondary N) is 1. The normalized spacial score (nSPS) is 11.2. The first-order chi connectivity index (χ1) is 18.3. The lowest BCUT2D eigenvalue weighted by Crippen LogP contribution is -2.01. The monoisotopic (exact) mass is 514 g/mol. The molecule has 1 aromatic carbocycles. The van der Waals surface area contributed by atoms with E-state index in [0.717, 1.165) is 43.1 Å². The van der Waals surface area contributed by atoms with Gasteiger partial charge in [0.05, 0.1) is 13.2 Å². The van der Waals surface area contributed by atoms with E-state index in [0.29, 0.717) is 5.82 Å². The Morgan fingerprint density at radius 1 is 0.541 bits per heavy atom. The van der Waals surface area contributed by atoms with Crippen LogP contribution in [0.2, 0.25) is 0 Å². The molecule has 6 nitrogen and oxygen atoms in total. The fourth-order valence-electron chi connectivity index (χ4n) is 4.71. The van der Waals surface area contributed by atoms with E-state index in [2.05, 4.69) is 34.5 Å². The molecule has 37 heavy (non-hydrogen) atoms. The van der Waals surface area contributed by atoms with Crippen LogP contribution in [0.5, 0.6) is 11.5 Å². The van der Waals surface area contributed by atoms with Gasteiger partial charge in [0.15, 0.2) is 0 Å². The van der Waals surface area contributed by atoms with Gasteiger partial charge in [-0.2, -0.15) is 5.21 Å². The van der Waals surface area contributed by atoms with Gasteiger partial charge in [-0.05, 0) is 30.2 Å². The van der Waals surface area contributed by atoms with Crippen molar-refractivity contribution in [1.82, 2.24) is 20.6 Å². The molecule has 0 aliphatic carbocycles. The number of H-pyrrole nitrogens is 1. The Kier molecular flexibility index (Phi) is 18.4. The predicted octanol–water partition coefficient (Wildman–Crippen LogP) is 9.47. The van der Waals surface area contributed by atoms with Gasteiger partial charge in [-0.3, -0.25) is 0 Å². The number of aromatic nitrogens is 4.